The molecule has 0 radical (unpaired) electrons. The van der Waals surface area contributed by atoms with Crippen molar-refractivity contribution in [3.8, 4) is 11.5 Å². The number of amides is 1. The summed E-state index contributed by atoms with van der Waals surface area (Å²) in [6, 6.07) is 14.1. The molecule has 6 nitrogen and oxygen atoms in total. The number of ether oxygens (including phenoxy) is 2. The normalized spacial score (nSPS) is 10.4. The van der Waals surface area contributed by atoms with Crippen molar-refractivity contribution < 1.29 is 23.5 Å². The van der Waals surface area contributed by atoms with Crippen LogP contribution in [-0.4, -0.2) is 30.5 Å². The topological polar surface area (TPSA) is 69.6 Å². The summed E-state index contributed by atoms with van der Waals surface area (Å²) in [7, 11) is 2.97. The number of nitrogens with one attached hydrogen (secondary N) is 1. The number of carbonyl (C=O) groups is 2. The summed E-state index contributed by atoms with van der Waals surface area (Å²) in [4.78, 5) is 25.2. The van der Waals surface area contributed by atoms with Crippen molar-refractivity contribution >= 4 is 17.4 Å². The zero-order valence-electron chi connectivity index (χ0n) is 15.4. The number of anilines is 1. The molecular weight excluding hydrogens is 363 g/mol. The predicted molar refractivity (Wildman–Crippen MR) is 102 cm³/mol. The van der Waals surface area contributed by atoms with Gasteiger partial charge in [0.1, 0.15) is 17.3 Å². The van der Waals surface area contributed by atoms with Crippen LogP contribution in [0.4, 0.5) is 10.1 Å². The van der Waals surface area contributed by atoms with E-state index in [2.05, 4.69) is 5.32 Å². The number of nitrogens with zero attached hydrogens (tertiary/aromatic N) is 1. The van der Waals surface area contributed by atoms with E-state index in [1.165, 1.54) is 26.4 Å². The molecule has 28 heavy (non-hydrogen) atoms. The fourth-order valence-electron chi connectivity index (χ4n) is 2.75. The van der Waals surface area contributed by atoms with Gasteiger partial charge in [0.2, 0.25) is 0 Å². The summed E-state index contributed by atoms with van der Waals surface area (Å²) >= 11 is 0. The standard InChI is InChI=1S/C21H19FN2O4/c1-27-16-9-10-19(28-2)17(12-16)23-21(26)20(25)18-4-3-11-24(18)13-14-5-7-15(22)8-6-14/h3-12H,13H2,1-2H3,(H,23,26). The van der Waals surface area contributed by atoms with Crippen molar-refractivity contribution in [2.45, 2.75) is 6.54 Å². The minimum absolute atomic E-state index is 0.226. The van der Waals surface area contributed by atoms with Gasteiger partial charge in [0.05, 0.1) is 25.6 Å². The Morgan fingerprint density at radius 3 is 2.46 bits per heavy atom. The van der Waals surface area contributed by atoms with Crippen molar-refractivity contribution in [1.82, 2.24) is 4.57 Å². The molecule has 2 aromatic carbocycles. The van der Waals surface area contributed by atoms with Crippen LogP contribution in [0, 0.1) is 5.82 Å². The Hall–Kier alpha value is -3.61. The Morgan fingerprint density at radius 2 is 1.79 bits per heavy atom. The quantitative estimate of drug-likeness (QED) is 0.501. The number of ketones is 1. The van der Waals surface area contributed by atoms with Crippen molar-refractivity contribution in [2.24, 2.45) is 0 Å². The molecule has 1 aromatic heterocycles. The van der Waals surface area contributed by atoms with Crippen LogP contribution >= 0.6 is 0 Å². The zero-order valence-corrected chi connectivity index (χ0v) is 15.4. The highest BCUT2D eigenvalue weighted by atomic mass is 19.1. The highest BCUT2D eigenvalue weighted by Crippen LogP contribution is 2.29. The molecule has 1 N–H and O–H groups in total. The second-order valence-electron chi connectivity index (χ2n) is 6.00. The van der Waals surface area contributed by atoms with Crippen molar-refractivity contribution in [1.29, 1.82) is 0 Å². The maximum atomic E-state index is 13.1. The van der Waals surface area contributed by atoms with Crippen LogP contribution in [0.1, 0.15) is 16.1 Å². The van der Waals surface area contributed by atoms with Gasteiger partial charge in [0.25, 0.3) is 11.7 Å². The minimum Gasteiger partial charge on any atom is -0.497 e. The van der Waals surface area contributed by atoms with Gasteiger partial charge >= 0.3 is 0 Å². The Bertz CT molecular complexity index is 996. The lowest BCUT2D eigenvalue weighted by Crippen LogP contribution is -2.25. The van der Waals surface area contributed by atoms with Gasteiger partial charge in [0.15, 0.2) is 0 Å². The van der Waals surface area contributed by atoms with Crippen LogP contribution in [0.25, 0.3) is 0 Å². The number of halogens is 1. The molecule has 0 saturated heterocycles. The van der Waals surface area contributed by atoms with E-state index in [0.29, 0.717) is 23.7 Å². The van der Waals surface area contributed by atoms with Crippen LogP contribution < -0.4 is 14.8 Å². The van der Waals surface area contributed by atoms with Crippen molar-refractivity contribution in [2.75, 3.05) is 19.5 Å². The van der Waals surface area contributed by atoms with Crippen LogP contribution in [0.15, 0.2) is 60.8 Å². The van der Waals surface area contributed by atoms with Gasteiger partial charge in [0, 0.05) is 18.8 Å². The third kappa shape index (κ3) is 4.20. The molecule has 0 bridgehead atoms. The first-order chi connectivity index (χ1) is 13.5. The van der Waals surface area contributed by atoms with Crippen molar-refractivity contribution in [3.05, 3.63) is 77.9 Å². The summed E-state index contributed by atoms with van der Waals surface area (Å²) in [5.41, 5.74) is 1.36. The highest BCUT2D eigenvalue weighted by Gasteiger charge is 2.21. The number of rotatable bonds is 7. The largest absolute Gasteiger partial charge is 0.497 e. The first kappa shape index (κ1) is 19.2. The van der Waals surface area contributed by atoms with E-state index in [1.54, 1.807) is 53.2 Å². The molecule has 0 aliphatic heterocycles. The second-order valence-corrected chi connectivity index (χ2v) is 6.00. The third-order valence-electron chi connectivity index (χ3n) is 4.19. The van der Waals surface area contributed by atoms with Crippen LogP contribution in [0.5, 0.6) is 11.5 Å². The molecule has 0 unspecified atom stereocenters. The SMILES string of the molecule is COc1ccc(OC)c(NC(=O)C(=O)c2cccn2Cc2ccc(F)cc2)c1. The van der Waals surface area contributed by atoms with Crippen LogP contribution in [0.3, 0.4) is 0 Å². The second kappa shape index (κ2) is 8.39. The summed E-state index contributed by atoms with van der Waals surface area (Å²) in [6.07, 6.45) is 1.69. The molecule has 0 spiro atoms. The molecule has 0 saturated carbocycles. The Balaban J connectivity index is 1.79. The Morgan fingerprint density at radius 1 is 1.04 bits per heavy atom. The number of Topliss-reactive ketones (excluding diaryl/α,β-unsaturated/α-hetero) is 1. The molecule has 144 valence electrons. The number of hydrogen-bond donors (Lipinski definition) is 1. The molecule has 7 heteroatoms. The average molecular weight is 382 g/mol. The van der Waals surface area contributed by atoms with E-state index >= 15 is 0 Å². The van der Waals surface area contributed by atoms with E-state index in [1.807, 2.05) is 0 Å². The highest BCUT2D eigenvalue weighted by molar-refractivity contribution is 6.46. The van der Waals surface area contributed by atoms with Gasteiger partial charge in [-0.1, -0.05) is 12.1 Å². The molecular formula is C21H19FN2O4. The monoisotopic (exact) mass is 382 g/mol. The molecule has 3 aromatic rings. The minimum atomic E-state index is -0.800. The van der Waals surface area contributed by atoms with Crippen molar-refractivity contribution in [3.63, 3.8) is 0 Å². The summed E-state index contributed by atoms with van der Waals surface area (Å²) in [5.74, 6) is -0.909. The fraction of sp³-hybridized carbons (Fsp3) is 0.143. The maximum Gasteiger partial charge on any atom is 0.298 e. The van der Waals surface area contributed by atoms with E-state index in [4.69, 9.17) is 9.47 Å². The molecule has 0 aliphatic carbocycles. The van der Waals surface area contributed by atoms with Crippen LogP contribution in [0.2, 0.25) is 0 Å². The first-order valence-corrected chi connectivity index (χ1v) is 8.49. The average Bonchev–Trinajstić information content (AvgIpc) is 3.17. The Labute approximate surface area is 161 Å². The number of aromatic nitrogens is 1. The summed E-state index contributed by atoms with van der Waals surface area (Å²) in [5, 5.41) is 2.57. The molecule has 0 fully saturated rings. The lowest BCUT2D eigenvalue weighted by atomic mass is 10.2. The van der Waals surface area contributed by atoms with E-state index < -0.39 is 11.7 Å². The van der Waals surface area contributed by atoms with Crippen LogP contribution in [-0.2, 0) is 11.3 Å². The van der Waals surface area contributed by atoms with Gasteiger partial charge in [-0.25, -0.2) is 4.39 Å². The summed E-state index contributed by atoms with van der Waals surface area (Å²) < 4.78 is 25.1. The molecule has 0 atom stereocenters. The molecule has 1 heterocycles. The maximum absolute atomic E-state index is 13.1. The fourth-order valence-corrected chi connectivity index (χ4v) is 2.75. The smallest absolute Gasteiger partial charge is 0.298 e. The lowest BCUT2D eigenvalue weighted by Gasteiger charge is -2.12. The van der Waals surface area contributed by atoms with E-state index in [-0.39, 0.29) is 11.5 Å². The zero-order chi connectivity index (χ0) is 20.1. The number of benzene rings is 2. The lowest BCUT2D eigenvalue weighted by molar-refractivity contribution is -0.112. The van der Waals surface area contributed by atoms with Gasteiger partial charge in [-0.15, -0.1) is 0 Å². The van der Waals surface area contributed by atoms with Gasteiger partial charge in [-0.3, -0.25) is 9.59 Å². The Kier molecular flexibility index (Phi) is 5.74. The predicted octanol–water partition coefficient (Wildman–Crippen LogP) is 3.51. The van der Waals surface area contributed by atoms with E-state index in [0.717, 1.165) is 5.56 Å². The number of hydrogen-bond acceptors (Lipinski definition) is 4. The van der Waals surface area contributed by atoms with Gasteiger partial charge < -0.3 is 19.4 Å². The molecule has 3 rings (SSSR count). The van der Waals surface area contributed by atoms with Gasteiger partial charge in [-0.2, -0.15) is 0 Å². The molecule has 0 aliphatic rings. The van der Waals surface area contributed by atoms with E-state index in [9.17, 15) is 14.0 Å². The number of methoxy groups -OCH3 is 2. The van der Waals surface area contributed by atoms with Gasteiger partial charge in [-0.05, 0) is 42.0 Å². The number of carbonyl (C=O) groups excluding carboxylic acids is 2. The molecule has 1 amide bonds. The first-order valence-electron chi connectivity index (χ1n) is 8.49. The summed E-state index contributed by atoms with van der Waals surface area (Å²) in [6.45, 7) is 0.337. The third-order valence-corrected chi connectivity index (χ3v) is 4.19.